The molecule has 1 rings (SSSR count). The number of hydrogen-bond donors (Lipinski definition) is 4. The van der Waals surface area contributed by atoms with Crippen molar-refractivity contribution in [1.29, 1.82) is 0 Å². The van der Waals surface area contributed by atoms with Crippen molar-refractivity contribution in [3.05, 3.63) is 0 Å². The molecule has 9 heteroatoms. The maximum Gasteiger partial charge on any atom is 0.312 e. The molecule has 1 atom stereocenters. The van der Waals surface area contributed by atoms with E-state index >= 15 is 0 Å². The Morgan fingerprint density at radius 1 is 1.20 bits per heavy atom. The standard InChI is InChI=1S/C16H31N5O3.ClH/c1-11(2)10-14(22)21-8-5-12(6-9-21)20-15(23)13(17)4-3-7-19-16(18)24;/h11-13H,3-10,17H2,1-2H3,(H,20,23)(H3,18,19,24);1H/t13-;/m0./s1. The highest BCUT2D eigenvalue weighted by Gasteiger charge is 2.25. The van der Waals surface area contributed by atoms with Crippen LogP contribution in [0.5, 0.6) is 0 Å². The Balaban J connectivity index is 0.00000576. The number of amides is 4. The van der Waals surface area contributed by atoms with Crippen LogP contribution in [0.1, 0.15) is 46.0 Å². The van der Waals surface area contributed by atoms with Crippen LogP contribution in [0.4, 0.5) is 4.79 Å². The lowest BCUT2D eigenvalue weighted by atomic mass is 10.0. The molecule has 1 aliphatic heterocycles. The first-order valence-electron chi connectivity index (χ1n) is 8.66. The predicted molar refractivity (Wildman–Crippen MR) is 99.2 cm³/mol. The largest absolute Gasteiger partial charge is 0.352 e. The van der Waals surface area contributed by atoms with Gasteiger partial charge in [-0.1, -0.05) is 13.8 Å². The van der Waals surface area contributed by atoms with Gasteiger partial charge in [-0.05, 0) is 31.6 Å². The van der Waals surface area contributed by atoms with Crippen molar-refractivity contribution in [3.63, 3.8) is 0 Å². The van der Waals surface area contributed by atoms with Crippen molar-refractivity contribution in [2.24, 2.45) is 17.4 Å². The third kappa shape index (κ3) is 9.50. The fraction of sp³-hybridized carbons (Fsp3) is 0.812. The molecule has 0 aromatic rings. The van der Waals surface area contributed by atoms with Crippen LogP contribution in [0.15, 0.2) is 0 Å². The molecule has 1 fully saturated rings. The van der Waals surface area contributed by atoms with Gasteiger partial charge in [0.25, 0.3) is 0 Å². The summed E-state index contributed by atoms with van der Waals surface area (Å²) >= 11 is 0. The Morgan fingerprint density at radius 3 is 2.32 bits per heavy atom. The third-order valence-electron chi connectivity index (χ3n) is 4.10. The maximum absolute atomic E-state index is 12.1. The fourth-order valence-corrected chi connectivity index (χ4v) is 2.72. The van der Waals surface area contributed by atoms with Gasteiger partial charge < -0.3 is 27.0 Å². The van der Waals surface area contributed by atoms with Gasteiger partial charge in [-0.15, -0.1) is 12.4 Å². The van der Waals surface area contributed by atoms with Crippen molar-refractivity contribution in [1.82, 2.24) is 15.5 Å². The van der Waals surface area contributed by atoms with E-state index in [0.29, 0.717) is 44.8 Å². The normalized spacial score (nSPS) is 16.1. The predicted octanol–water partition coefficient (Wildman–Crippen LogP) is 0.337. The second kappa shape index (κ2) is 11.9. The van der Waals surface area contributed by atoms with Gasteiger partial charge in [0.2, 0.25) is 11.8 Å². The number of nitrogens with one attached hydrogen (secondary N) is 2. The molecule has 0 unspecified atom stereocenters. The van der Waals surface area contributed by atoms with E-state index in [1.165, 1.54) is 0 Å². The number of hydrogen-bond acceptors (Lipinski definition) is 4. The average molecular weight is 378 g/mol. The molecule has 146 valence electrons. The zero-order valence-electron chi connectivity index (χ0n) is 15.1. The van der Waals surface area contributed by atoms with E-state index in [1.54, 1.807) is 0 Å². The average Bonchev–Trinajstić information content (AvgIpc) is 2.51. The zero-order chi connectivity index (χ0) is 18.1. The van der Waals surface area contributed by atoms with Crippen molar-refractivity contribution < 1.29 is 14.4 Å². The van der Waals surface area contributed by atoms with E-state index in [-0.39, 0.29) is 30.3 Å². The first-order valence-corrected chi connectivity index (χ1v) is 8.66. The molecule has 1 aliphatic rings. The van der Waals surface area contributed by atoms with E-state index in [1.807, 2.05) is 18.7 Å². The number of halogens is 1. The molecule has 1 saturated heterocycles. The summed E-state index contributed by atoms with van der Waals surface area (Å²) in [5.74, 6) is 0.367. The van der Waals surface area contributed by atoms with Crippen molar-refractivity contribution in [2.75, 3.05) is 19.6 Å². The first kappa shape index (κ1) is 23.5. The summed E-state index contributed by atoms with van der Waals surface area (Å²) in [6, 6.07) is -1.11. The summed E-state index contributed by atoms with van der Waals surface area (Å²) in [6.07, 6.45) is 3.16. The molecular weight excluding hydrogens is 346 g/mol. The van der Waals surface area contributed by atoms with Crippen LogP contribution in [0.2, 0.25) is 0 Å². The summed E-state index contributed by atoms with van der Waals surface area (Å²) in [5, 5.41) is 5.42. The minimum absolute atomic E-state index is 0. The Morgan fingerprint density at radius 2 is 1.80 bits per heavy atom. The lowest BCUT2D eigenvalue weighted by molar-refractivity contribution is -0.133. The summed E-state index contributed by atoms with van der Waals surface area (Å²) in [6.45, 7) is 5.83. The molecule has 0 aromatic carbocycles. The van der Waals surface area contributed by atoms with Gasteiger partial charge >= 0.3 is 6.03 Å². The molecule has 0 saturated carbocycles. The van der Waals surface area contributed by atoms with Gasteiger partial charge in [-0.25, -0.2) is 4.79 Å². The van der Waals surface area contributed by atoms with Crippen molar-refractivity contribution in [2.45, 2.75) is 58.0 Å². The third-order valence-corrected chi connectivity index (χ3v) is 4.10. The Labute approximate surface area is 155 Å². The summed E-state index contributed by atoms with van der Waals surface area (Å²) in [4.78, 5) is 36.5. The Bertz CT molecular complexity index is 439. The molecule has 25 heavy (non-hydrogen) atoms. The lowest BCUT2D eigenvalue weighted by Gasteiger charge is -2.33. The lowest BCUT2D eigenvalue weighted by Crippen LogP contribution is -2.50. The van der Waals surface area contributed by atoms with Gasteiger partial charge in [0.1, 0.15) is 0 Å². The Kier molecular flexibility index (Phi) is 11.2. The molecule has 6 N–H and O–H groups in total. The highest BCUT2D eigenvalue weighted by molar-refractivity contribution is 5.85. The van der Waals surface area contributed by atoms with Crippen LogP contribution in [0.25, 0.3) is 0 Å². The molecule has 1 heterocycles. The van der Waals surface area contributed by atoms with Crippen LogP contribution in [-0.2, 0) is 9.59 Å². The number of urea groups is 1. The monoisotopic (exact) mass is 377 g/mol. The summed E-state index contributed by atoms with van der Waals surface area (Å²) in [5.41, 5.74) is 10.8. The number of carbonyl (C=O) groups excluding carboxylic acids is 3. The Hall–Kier alpha value is -1.54. The summed E-state index contributed by atoms with van der Waals surface area (Å²) in [7, 11) is 0. The number of nitrogens with zero attached hydrogens (tertiary/aromatic N) is 1. The highest BCUT2D eigenvalue weighted by Crippen LogP contribution is 2.13. The van der Waals surface area contributed by atoms with Crippen LogP contribution in [-0.4, -0.2) is 54.5 Å². The van der Waals surface area contributed by atoms with Gasteiger partial charge in [0.05, 0.1) is 6.04 Å². The zero-order valence-corrected chi connectivity index (χ0v) is 15.9. The number of rotatable bonds is 8. The fourth-order valence-electron chi connectivity index (χ4n) is 2.72. The molecule has 0 aliphatic carbocycles. The number of primary amides is 1. The number of nitrogens with two attached hydrogens (primary N) is 2. The molecule has 0 aromatic heterocycles. The first-order chi connectivity index (χ1) is 11.3. The van der Waals surface area contributed by atoms with E-state index < -0.39 is 12.1 Å². The highest BCUT2D eigenvalue weighted by atomic mass is 35.5. The topological polar surface area (TPSA) is 131 Å². The van der Waals surface area contributed by atoms with Crippen LogP contribution >= 0.6 is 12.4 Å². The second-order valence-electron chi connectivity index (χ2n) is 6.80. The van der Waals surface area contributed by atoms with E-state index in [9.17, 15) is 14.4 Å². The molecule has 0 spiro atoms. The number of piperidine rings is 1. The quantitative estimate of drug-likeness (QED) is 0.454. The van der Waals surface area contributed by atoms with E-state index in [2.05, 4.69) is 10.6 Å². The van der Waals surface area contributed by atoms with Gasteiger partial charge in [0, 0.05) is 32.1 Å². The van der Waals surface area contributed by atoms with Crippen molar-refractivity contribution >= 4 is 30.3 Å². The van der Waals surface area contributed by atoms with Crippen molar-refractivity contribution in [3.8, 4) is 0 Å². The summed E-state index contributed by atoms with van der Waals surface area (Å²) < 4.78 is 0. The maximum atomic E-state index is 12.1. The molecular formula is C16H32ClN5O3. The number of likely N-dealkylation sites (tertiary alicyclic amines) is 1. The van der Waals surface area contributed by atoms with E-state index in [4.69, 9.17) is 11.5 Å². The second-order valence-corrected chi connectivity index (χ2v) is 6.80. The molecule has 0 radical (unpaired) electrons. The molecule has 4 amide bonds. The van der Waals surface area contributed by atoms with Crippen LogP contribution in [0, 0.1) is 5.92 Å². The number of carbonyl (C=O) groups is 3. The van der Waals surface area contributed by atoms with Gasteiger partial charge in [-0.2, -0.15) is 0 Å². The van der Waals surface area contributed by atoms with Crippen LogP contribution < -0.4 is 22.1 Å². The van der Waals surface area contributed by atoms with Crippen LogP contribution in [0.3, 0.4) is 0 Å². The molecule has 8 nitrogen and oxygen atoms in total. The minimum Gasteiger partial charge on any atom is -0.352 e. The van der Waals surface area contributed by atoms with Gasteiger partial charge in [0.15, 0.2) is 0 Å². The SMILES string of the molecule is CC(C)CC(=O)N1CCC(NC(=O)[C@@H](N)CCCNC(N)=O)CC1.Cl. The minimum atomic E-state index is -0.597. The van der Waals surface area contributed by atoms with E-state index in [0.717, 1.165) is 12.8 Å². The van der Waals surface area contributed by atoms with Gasteiger partial charge in [-0.3, -0.25) is 9.59 Å². The smallest absolute Gasteiger partial charge is 0.312 e. The molecule has 0 bridgehead atoms.